The number of aryl methyl sites for hydroxylation is 2. The zero-order valence-corrected chi connectivity index (χ0v) is 12.7. The summed E-state index contributed by atoms with van der Waals surface area (Å²) in [7, 11) is 1.54. The SMILES string of the molecule is CCn1cc(NCc2ccc(O)c(OC)c2)c(C)n1.Cl. The van der Waals surface area contributed by atoms with Crippen molar-refractivity contribution in [2.75, 3.05) is 12.4 Å². The van der Waals surface area contributed by atoms with Crippen LogP contribution in [0.2, 0.25) is 0 Å². The fourth-order valence-corrected chi connectivity index (χ4v) is 1.88. The van der Waals surface area contributed by atoms with Gasteiger partial charge in [-0.2, -0.15) is 5.10 Å². The molecule has 0 atom stereocenters. The molecule has 2 N–H and O–H groups in total. The van der Waals surface area contributed by atoms with E-state index in [-0.39, 0.29) is 18.2 Å². The number of aromatic nitrogens is 2. The van der Waals surface area contributed by atoms with Gasteiger partial charge in [-0.3, -0.25) is 4.68 Å². The lowest BCUT2D eigenvalue weighted by Crippen LogP contribution is -2.00. The number of benzene rings is 1. The van der Waals surface area contributed by atoms with Crippen LogP contribution < -0.4 is 10.1 Å². The molecule has 1 aromatic heterocycles. The molecular formula is C14H20ClN3O2. The van der Waals surface area contributed by atoms with Gasteiger partial charge in [-0.05, 0) is 31.5 Å². The van der Waals surface area contributed by atoms with Gasteiger partial charge in [0.1, 0.15) is 0 Å². The number of nitrogens with one attached hydrogen (secondary N) is 1. The van der Waals surface area contributed by atoms with Crippen LogP contribution in [-0.2, 0) is 13.1 Å². The minimum absolute atomic E-state index is 0. The van der Waals surface area contributed by atoms with Crippen LogP contribution in [-0.4, -0.2) is 22.0 Å². The average Bonchev–Trinajstić information content (AvgIpc) is 2.78. The molecule has 20 heavy (non-hydrogen) atoms. The van der Waals surface area contributed by atoms with E-state index in [9.17, 15) is 5.11 Å². The first-order valence-electron chi connectivity index (χ1n) is 6.27. The van der Waals surface area contributed by atoms with E-state index in [0.29, 0.717) is 12.3 Å². The summed E-state index contributed by atoms with van der Waals surface area (Å²) in [6.45, 7) is 5.55. The molecule has 0 aliphatic carbocycles. The maximum absolute atomic E-state index is 9.54. The molecule has 6 heteroatoms. The van der Waals surface area contributed by atoms with Crippen molar-refractivity contribution in [3.63, 3.8) is 0 Å². The van der Waals surface area contributed by atoms with Crippen LogP contribution in [0.25, 0.3) is 0 Å². The standard InChI is InChI=1S/C14H19N3O2.ClH/c1-4-17-9-12(10(2)16-17)15-8-11-5-6-13(18)14(7-11)19-3;/h5-7,9,15,18H,4,8H2,1-3H3;1H. The lowest BCUT2D eigenvalue weighted by atomic mass is 10.2. The molecule has 0 spiro atoms. The summed E-state index contributed by atoms with van der Waals surface area (Å²) >= 11 is 0. The minimum atomic E-state index is 0. The van der Waals surface area contributed by atoms with Crippen LogP contribution in [0, 0.1) is 6.92 Å². The molecule has 1 heterocycles. The third kappa shape index (κ3) is 3.57. The van der Waals surface area contributed by atoms with Crippen molar-refractivity contribution in [2.24, 2.45) is 0 Å². The monoisotopic (exact) mass is 297 g/mol. The predicted octanol–water partition coefficient (Wildman–Crippen LogP) is 2.96. The van der Waals surface area contributed by atoms with Crippen LogP contribution in [0.4, 0.5) is 5.69 Å². The summed E-state index contributed by atoms with van der Waals surface area (Å²) in [6, 6.07) is 5.32. The fraction of sp³-hybridized carbons (Fsp3) is 0.357. The number of hydrogen-bond acceptors (Lipinski definition) is 4. The molecule has 0 bridgehead atoms. The third-order valence-electron chi connectivity index (χ3n) is 3.00. The summed E-state index contributed by atoms with van der Waals surface area (Å²) in [5.41, 5.74) is 3.04. The highest BCUT2D eigenvalue weighted by Gasteiger charge is 2.05. The van der Waals surface area contributed by atoms with Crippen molar-refractivity contribution in [1.82, 2.24) is 9.78 Å². The van der Waals surface area contributed by atoms with E-state index >= 15 is 0 Å². The van der Waals surface area contributed by atoms with Gasteiger partial charge in [0.2, 0.25) is 0 Å². The zero-order valence-electron chi connectivity index (χ0n) is 11.9. The maximum Gasteiger partial charge on any atom is 0.160 e. The Hall–Kier alpha value is -1.88. The van der Waals surface area contributed by atoms with Crippen molar-refractivity contribution >= 4 is 18.1 Å². The highest BCUT2D eigenvalue weighted by molar-refractivity contribution is 5.85. The van der Waals surface area contributed by atoms with E-state index in [1.54, 1.807) is 13.2 Å². The van der Waals surface area contributed by atoms with Crippen molar-refractivity contribution in [3.8, 4) is 11.5 Å². The molecule has 0 saturated carbocycles. The second kappa shape index (κ2) is 7.05. The van der Waals surface area contributed by atoms with E-state index in [0.717, 1.165) is 23.5 Å². The Morgan fingerprint density at radius 2 is 2.15 bits per heavy atom. The van der Waals surface area contributed by atoms with Crippen molar-refractivity contribution in [3.05, 3.63) is 35.7 Å². The van der Waals surface area contributed by atoms with E-state index in [2.05, 4.69) is 17.3 Å². The van der Waals surface area contributed by atoms with Crippen LogP contribution in [0.3, 0.4) is 0 Å². The fourth-order valence-electron chi connectivity index (χ4n) is 1.88. The van der Waals surface area contributed by atoms with Gasteiger partial charge < -0.3 is 15.2 Å². The molecule has 5 nitrogen and oxygen atoms in total. The van der Waals surface area contributed by atoms with Crippen molar-refractivity contribution in [2.45, 2.75) is 26.9 Å². The van der Waals surface area contributed by atoms with Crippen LogP contribution in [0.1, 0.15) is 18.2 Å². The van der Waals surface area contributed by atoms with Crippen LogP contribution in [0.5, 0.6) is 11.5 Å². The highest BCUT2D eigenvalue weighted by atomic mass is 35.5. The van der Waals surface area contributed by atoms with Gasteiger partial charge in [0, 0.05) is 19.3 Å². The number of methoxy groups -OCH3 is 1. The zero-order chi connectivity index (χ0) is 13.8. The highest BCUT2D eigenvalue weighted by Crippen LogP contribution is 2.26. The van der Waals surface area contributed by atoms with Gasteiger partial charge in [-0.15, -0.1) is 12.4 Å². The molecule has 2 aromatic rings. The maximum atomic E-state index is 9.54. The predicted molar refractivity (Wildman–Crippen MR) is 81.9 cm³/mol. The van der Waals surface area contributed by atoms with Gasteiger partial charge in [-0.1, -0.05) is 6.07 Å². The number of halogens is 1. The topological polar surface area (TPSA) is 59.3 Å². The lowest BCUT2D eigenvalue weighted by molar-refractivity contribution is 0.373. The van der Waals surface area contributed by atoms with Gasteiger partial charge in [0.15, 0.2) is 11.5 Å². The normalized spacial score (nSPS) is 9.95. The lowest BCUT2D eigenvalue weighted by Gasteiger charge is -2.08. The number of phenols is 1. The summed E-state index contributed by atoms with van der Waals surface area (Å²) in [4.78, 5) is 0. The quantitative estimate of drug-likeness (QED) is 0.891. The van der Waals surface area contributed by atoms with Gasteiger partial charge in [0.05, 0.1) is 18.5 Å². The molecule has 0 unspecified atom stereocenters. The molecule has 0 aliphatic rings. The molecule has 1 aromatic carbocycles. The number of hydrogen-bond donors (Lipinski definition) is 2. The average molecular weight is 298 g/mol. The Labute approximate surface area is 125 Å². The molecule has 2 rings (SSSR count). The number of ether oxygens (including phenoxy) is 1. The minimum Gasteiger partial charge on any atom is -0.504 e. The van der Waals surface area contributed by atoms with E-state index in [1.807, 2.05) is 29.9 Å². The Morgan fingerprint density at radius 3 is 2.75 bits per heavy atom. The smallest absolute Gasteiger partial charge is 0.160 e. The Morgan fingerprint density at radius 1 is 1.40 bits per heavy atom. The third-order valence-corrected chi connectivity index (χ3v) is 3.00. The number of aromatic hydroxyl groups is 1. The first-order valence-corrected chi connectivity index (χ1v) is 6.27. The molecule has 0 amide bonds. The Bertz CT molecular complexity index is 570. The summed E-state index contributed by atoms with van der Waals surface area (Å²) in [6.07, 6.45) is 1.99. The van der Waals surface area contributed by atoms with Crippen molar-refractivity contribution in [1.29, 1.82) is 0 Å². The molecule has 0 saturated heterocycles. The Balaban J connectivity index is 0.00000200. The second-order valence-electron chi connectivity index (χ2n) is 4.34. The molecule has 110 valence electrons. The summed E-state index contributed by atoms with van der Waals surface area (Å²) in [5.74, 6) is 0.640. The molecule has 0 aliphatic heterocycles. The first kappa shape index (κ1) is 16.2. The molecule has 0 radical (unpaired) electrons. The largest absolute Gasteiger partial charge is 0.504 e. The van der Waals surface area contributed by atoms with Crippen LogP contribution >= 0.6 is 12.4 Å². The number of phenolic OH excluding ortho intramolecular Hbond substituents is 1. The summed E-state index contributed by atoms with van der Waals surface area (Å²) < 4.78 is 6.99. The Kier molecular flexibility index (Phi) is 5.70. The number of anilines is 1. The van der Waals surface area contributed by atoms with E-state index in [4.69, 9.17) is 4.74 Å². The molecular weight excluding hydrogens is 278 g/mol. The first-order chi connectivity index (χ1) is 9.13. The van der Waals surface area contributed by atoms with E-state index in [1.165, 1.54) is 0 Å². The van der Waals surface area contributed by atoms with Gasteiger partial charge in [0.25, 0.3) is 0 Å². The van der Waals surface area contributed by atoms with Gasteiger partial charge >= 0.3 is 0 Å². The number of rotatable bonds is 5. The van der Waals surface area contributed by atoms with Crippen molar-refractivity contribution < 1.29 is 9.84 Å². The van der Waals surface area contributed by atoms with Crippen LogP contribution in [0.15, 0.2) is 24.4 Å². The summed E-state index contributed by atoms with van der Waals surface area (Å²) in [5, 5.41) is 17.3. The van der Waals surface area contributed by atoms with Gasteiger partial charge in [-0.25, -0.2) is 0 Å². The number of nitrogens with zero attached hydrogens (tertiary/aromatic N) is 2. The molecule has 0 fully saturated rings. The van der Waals surface area contributed by atoms with E-state index < -0.39 is 0 Å². The second-order valence-corrected chi connectivity index (χ2v) is 4.34.